The largest absolute Gasteiger partial charge is 0.508 e. The van der Waals surface area contributed by atoms with E-state index in [1.54, 1.807) is 18.2 Å². The smallest absolute Gasteiger partial charge is 0.185 e. The molecule has 0 aromatic heterocycles. The summed E-state index contributed by atoms with van der Waals surface area (Å²) in [6.45, 7) is 7.35. The number of benzene rings is 2. The maximum Gasteiger partial charge on any atom is 0.185 e. The van der Waals surface area contributed by atoms with Gasteiger partial charge in [-0.05, 0) is 67.8 Å². The van der Waals surface area contributed by atoms with Gasteiger partial charge in [0.1, 0.15) is 17.2 Å². The summed E-state index contributed by atoms with van der Waals surface area (Å²) >= 11 is 0. The van der Waals surface area contributed by atoms with Crippen molar-refractivity contribution in [3.05, 3.63) is 59.2 Å². The van der Waals surface area contributed by atoms with Crippen LogP contribution in [-0.2, 0) is 0 Å². The van der Waals surface area contributed by atoms with E-state index in [4.69, 9.17) is 9.47 Å². The SMILES string of the molecule is CCCOc1cc(OCCC)c(C=CC(=O)c2ccc(O)cc2)cc1C. The van der Waals surface area contributed by atoms with Gasteiger partial charge in [-0.15, -0.1) is 0 Å². The predicted octanol–water partition coefficient (Wildman–Crippen LogP) is 5.17. The molecule has 2 aromatic carbocycles. The van der Waals surface area contributed by atoms with Gasteiger partial charge in [-0.3, -0.25) is 4.79 Å². The summed E-state index contributed by atoms with van der Waals surface area (Å²) < 4.78 is 11.6. The lowest BCUT2D eigenvalue weighted by molar-refractivity contribution is 0.104. The van der Waals surface area contributed by atoms with Crippen molar-refractivity contribution < 1.29 is 19.4 Å². The molecule has 0 fully saturated rings. The molecule has 0 atom stereocenters. The van der Waals surface area contributed by atoms with Crippen molar-refractivity contribution in [2.45, 2.75) is 33.6 Å². The van der Waals surface area contributed by atoms with Gasteiger partial charge in [0.25, 0.3) is 0 Å². The van der Waals surface area contributed by atoms with E-state index in [2.05, 4.69) is 6.92 Å². The number of rotatable bonds is 9. The van der Waals surface area contributed by atoms with Crippen LogP contribution in [0.5, 0.6) is 17.2 Å². The van der Waals surface area contributed by atoms with Crippen LogP contribution in [0.25, 0.3) is 6.08 Å². The molecule has 0 amide bonds. The standard InChI is InChI=1S/C22H26O4/c1-4-12-25-21-15-22(26-13-5-2)18(14-16(21)3)8-11-20(24)17-6-9-19(23)10-7-17/h6-11,14-15,23H,4-5,12-13H2,1-3H3. The lowest BCUT2D eigenvalue weighted by Crippen LogP contribution is -2.01. The molecule has 0 aliphatic carbocycles. The lowest BCUT2D eigenvalue weighted by Gasteiger charge is -2.14. The summed E-state index contributed by atoms with van der Waals surface area (Å²) in [5.41, 5.74) is 2.36. The Morgan fingerprint density at radius 1 is 1.00 bits per heavy atom. The van der Waals surface area contributed by atoms with Gasteiger partial charge in [-0.25, -0.2) is 0 Å². The van der Waals surface area contributed by atoms with Crippen molar-refractivity contribution >= 4 is 11.9 Å². The highest BCUT2D eigenvalue weighted by molar-refractivity contribution is 6.07. The van der Waals surface area contributed by atoms with Gasteiger partial charge >= 0.3 is 0 Å². The average molecular weight is 354 g/mol. The summed E-state index contributed by atoms with van der Waals surface area (Å²) in [5.74, 6) is 1.52. The van der Waals surface area contributed by atoms with Crippen molar-refractivity contribution in [3.63, 3.8) is 0 Å². The van der Waals surface area contributed by atoms with Crippen LogP contribution >= 0.6 is 0 Å². The molecule has 0 saturated heterocycles. The number of ether oxygens (including phenoxy) is 2. The molecule has 0 unspecified atom stereocenters. The zero-order valence-electron chi connectivity index (χ0n) is 15.6. The summed E-state index contributed by atoms with van der Waals surface area (Å²) in [7, 11) is 0. The molecule has 4 nitrogen and oxygen atoms in total. The molecule has 138 valence electrons. The first kappa shape index (κ1) is 19.6. The Balaban J connectivity index is 2.26. The quantitative estimate of drug-likeness (QED) is 0.498. The zero-order chi connectivity index (χ0) is 18.9. The van der Waals surface area contributed by atoms with Crippen LogP contribution in [0.15, 0.2) is 42.5 Å². The van der Waals surface area contributed by atoms with E-state index in [0.29, 0.717) is 24.5 Å². The summed E-state index contributed by atoms with van der Waals surface area (Å²) in [5, 5.41) is 9.33. The van der Waals surface area contributed by atoms with E-state index in [1.807, 2.05) is 26.0 Å². The number of hydrogen-bond acceptors (Lipinski definition) is 4. The van der Waals surface area contributed by atoms with Crippen LogP contribution in [-0.4, -0.2) is 24.1 Å². The van der Waals surface area contributed by atoms with E-state index >= 15 is 0 Å². The summed E-state index contributed by atoms with van der Waals surface area (Å²) in [6, 6.07) is 10.1. The molecule has 0 heterocycles. The third-order valence-corrected chi connectivity index (χ3v) is 3.80. The Morgan fingerprint density at radius 2 is 1.62 bits per heavy atom. The van der Waals surface area contributed by atoms with Gasteiger partial charge in [0.2, 0.25) is 0 Å². The first-order chi connectivity index (χ1) is 12.5. The summed E-state index contributed by atoms with van der Waals surface area (Å²) in [6.07, 6.45) is 5.12. The van der Waals surface area contributed by atoms with Gasteiger partial charge in [-0.1, -0.05) is 13.8 Å². The van der Waals surface area contributed by atoms with Crippen molar-refractivity contribution in [2.24, 2.45) is 0 Å². The number of allylic oxidation sites excluding steroid dienone is 1. The Labute approximate surface area is 155 Å². The highest BCUT2D eigenvalue weighted by Crippen LogP contribution is 2.30. The zero-order valence-corrected chi connectivity index (χ0v) is 15.6. The maximum absolute atomic E-state index is 12.3. The van der Waals surface area contributed by atoms with Gasteiger partial charge in [-0.2, -0.15) is 0 Å². The molecule has 2 aromatic rings. The van der Waals surface area contributed by atoms with Crippen molar-refractivity contribution in [1.29, 1.82) is 0 Å². The van der Waals surface area contributed by atoms with Gasteiger partial charge in [0.15, 0.2) is 5.78 Å². The fourth-order valence-electron chi connectivity index (χ4n) is 2.41. The van der Waals surface area contributed by atoms with Crippen LogP contribution in [0, 0.1) is 6.92 Å². The van der Waals surface area contributed by atoms with Crippen LogP contribution in [0.4, 0.5) is 0 Å². The number of phenolic OH excluding ortho intramolecular Hbond substituents is 1. The number of carbonyl (C=O) groups excluding carboxylic acids is 1. The van der Waals surface area contributed by atoms with E-state index in [-0.39, 0.29) is 11.5 Å². The second-order valence-electron chi connectivity index (χ2n) is 6.10. The molecule has 2 rings (SSSR count). The predicted molar refractivity (Wildman–Crippen MR) is 104 cm³/mol. The number of carbonyl (C=O) groups is 1. The van der Waals surface area contributed by atoms with E-state index in [9.17, 15) is 9.90 Å². The minimum Gasteiger partial charge on any atom is -0.508 e. The highest BCUT2D eigenvalue weighted by atomic mass is 16.5. The summed E-state index contributed by atoms with van der Waals surface area (Å²) in [4.78, 5) is 12.3. The van der Waals surface area contributed by atoms with Gasteiger partial charge < -0.3 is 14.6 Å². The van der Waals surface area contributed by atoms with Crippen molar-refractivity contribution in [1.82, 2.24) is 0 Å². The molecule has 0 spiro atoms. The second kappa shape index (κ2) is 9.66. The Morgan fingerprint density at radius 3 is 2.23 bits per heavy atom. The Bertz CT molecular complexity index is 760. The molecule has 1 N–H and O–H groups in total. The second-order valence-corrected chi connectivity index (χ2v) is 6.10. The molecule has 26 heavy (non-hydrogen) atoms. The molecular formula is C22H26O4. The number of aryl methyl sites for hydroxylation is 1. The van der Waals surface area contributed by atoms with Crippen LogP contribution < -0.4 is 9.47 Å². The molecular weight excluding hydrogens is 328 g/mol. The molecule has 0 aliphatic heterocycles. The highest BCUT2D eigenvalue weighted by Gasteiger charge is 2.09. The number of hydrogen-bond donors (Lipinski definition) is 1. The fraction of sp³-hybridized carbons (Fsp3) is 0.318. The number of aromatic hydroxyl groups is 1. The Kier molecular flexibility index (Phi) is 7.27. The molecule has 0 bridgehead atoms. The first-order valence-corrected chi connectivity index (χ1v) is 8.96. The molecule has 0 radical (unpaired) electrons. The topological polar surface area (TPSA) is 55.8 Å². The third kappa shape index (κ3) is 5.38. The van der Waals surface area contributed by atoms with Crippen LogP contribution in [0.2, 0.25) is 0 Å². The van der Waals surface area contributed by atoms with Gasteiger partial charge in [0, 0.05) is 17.2 Å². The van der Waals surface area contributed by atoms with E-state index in [1.165, 1.54) is 18.2 Å². The number of ketones is 1. The minimum absolute atomic E-state index is 0.129. The molecule has 4 heteroatoms. The normalized spacial score (nSPS) is 10.9. The van der Waals surface area contributed by atoms with Crippen molar-refractivity contribution in [2.75, 3.05) is 13.2 Å². The van der Waals surface area contributed by atoms with Crippen LogP contribution in [0.3, 0.4) is 0 Å². The van der Waals surface area contributed by atoms with Crippen LogP contribution in [0.1, 0.15) is 48.2 Å². The Hall–Kier alpha value is -2.75. The molecule has 0 saturated carbocycles. The van der Waals surface area contributed by atoms with E-state index < -0.39 is 0 Å². The minimum atomic E-state index is -0.129. The van der Waals surface area contributed by atoms with Gasteiger partial charge in [0.05, 0.1) is 13.2 Å². The fourth-order valence-corrected chi connectivity index (χ4v) is 2.41. The van der Waals surface area contributed by atoms with E-state index in [0.717, 1.165) is 29.7 Å². The monoisotopic (exact) mass is 354 g/mol. The average Bonchev–Trinajstić information content (AvgIpc) is 2.64. The number of phenols is 1. The molecule has 0 aliphatic rings. The first-order valence-electron chi connectivity index (χ1n) is 8.96. The maximum atomic E-state index is 12.3. The van der Waals surface area contributed by atoms with Crippen molar-refractivity contribution in [3.8, 4) is 17.2 Å². The lowest BCUT2D eigenvalue weighted by atomic mass is 10.1. The third-order valence-electron chi connectivity index (χ3n) is 3.80.